The van der Waals surface area contributed by atoms with E-state index in [1.807, 2.05) is 0 Å². The molecule has 1 aromatic carbocycles. The zero-order chi connectivity index (χ0) is 11.7. The normalized spacial score (nSPS) is 16.1. The quantitative estimate of drug-likeness (QED) is 0.754. The second-order valence-corrected chi connectivity index (χ2v) is 3.81. The lowest BCUT2D eigenvalue weighted by atomic mass is 9.79. The summed E-state index contributed by atoms with van der Waals surface area (Å²) in [5.41, 5.74) is 4.38. The van der Waals surface area contributed by atoms with Crippen molar-refractivity contribution in [3.8, 4) is 0 Å². The van der Waals surface area contributed by atoms with Gasteiger partial charge in [-0.2, -0.15) is 13.2 Å². The summed E-state index contributed by atoms with van der Waals surface area (Å²) < 4.78 is 38.6. The Morgan fingerprint density at radius 2 is 1.60 bits per heavy atom. The molecule has 0 aromatic heterocycles. The van der Waals surface area contributed by atoms with Crippen LogP contribution in [0.25, 0.3) is 0 Å². The van der Waals surface area contributed by atoms with E-state index in [0.717, 1.165) is 0 Å². The lowest BCUT2D eigenvalue weighted by Crippen LogP contribution is -2.38. The first-order chi connectivity index (χ1) is 6.81. The van der Waals surface area contributed by atoms with Crippen molar-refractivity contribution in [1.82, 2.24) is 0 Å². The zero-order valence-electron chi connectivity index (χ0n) is 8.73. The fourth-order valence-corrected chi connectivity index (χ4v) is 1.42. The van der Waals surface area contributed by atoms with E-state index < -0.39 is 11.6 Å². The summed E-state index contributed by atoms with van der Waals surface area (Å²) in [6.07, 6.45) is -4.22. The average molecular weight is 217 g/mol. The second-order valence-electron chi connectivity index (χ2n) is 3.81. The average Bonchev–Trinajstić information content (AvgIpc) is 2.16. The van der Waals surface area contributed by atoms with Crippen LogP contribution >= 0.6 is 0 Å². The fourth-order valence-electron chi connectivity index (χ4n) is 1.42. The molecule has 0 aliphatic rings. The molecule has 0 radical (unpaired) electrons. The van der Waals surface area contributed by atoms with Gasteiger partial charge in [-0.25, -0.2) is 0 Å². The third kappa shape index (κ3) is 2.08. The Bertz CT molecular complexity index is 329. The van der Waals surface area contributed by atoms with Crippen molar-refractivity contribution in [2.24, 2.45) is 0 Å². The van der Waals surface area contributed by atoms with Crippen molar-refractivity contribution in [1.29, 1.82) is 0 Å². The highest BCUT2D eigenvalue weighted by atomic mass is 19.4. The van der Waals surface area contributed by atoms with Crippen LogP contribution in [0.5, 0.6) is 0 Å². The molecule has 15 heavy (non-hydrogen) atoms. The summed E-state index contributed by atoms with van der Waals surface area (Å²) in [7, 11) is 0. The Kier molecular flexibility index (Phi) is 2.98. The number of alkyl halides is 3. The van der Waals surface area contributed by atoms with E-state index in [0.29, 0.717) is 5.69 Å². The van der Waals surface area contributed by atoms with E-state index in [1.165, 1.54) is 38.1 Å². The standard InChI is InChI=1S/C11H14F3N/c1-3-10(2,11(12,13)14)8-4-6-9(15)7-5-8/h4-7H,3,15H2,1-2H3. The minimum Gasteiger partial charge on any atom is -0.399 e. The first kappa shape index (κ1) is 11.9. The Hall–Kier alpha value is -1.19. The van der Waals surface area contributed by atoms with E-state index >= 15 is 0 Å². The molecule has 0 aliphatic carbocycles. The summed E-state index contributed by atoms with van der Waals surface area (Å²) in [4.78, 5) is 0. The highest BCUT2D eigenvalue weighted by Gasteiger charge is 2.50. The molecule has 1 aromatic rings. The van der Waals surface area contributed by atoms with Gasteiger partial charge in [0.1, 0.15) is 0 Å². The van der Waals surface area contributed by atoms with Gasteiger partial charge in [0.25, 0.3) is 0 Å². The van der Waals surface area contributed by atoms with Crippen LogP contribution in [0.15, 0.2) is 24.3 Å². The third-order valence-corrected chi connectivity index (χ3v) is 2.88. The number of anilines is 1. The van der Waals surface area contributed by atoms with Gasteiger partial charge in [0.15, 0.2) is 0 Å². The highest BCUT2D eigenvalue weighted by molar-refractivity contribution is 5.41. The predicted molar refractivity (Wildman–Crippen MR) is 54.6 cm³/mol. The van der Waals surface area contributed by atoms with Gasteiger partial charge in [0.05, 0.1) is 5.41 Å². The number of nitrogen functional groups attached to an aromatic ring is 1. The Morgan fingerprint density at radius 1 is 1.13 bits per heavy atom. The monoisotopic (exact) mass is 217 g/mol. The van der Waals surface area contributed by atoms with Crippen molar-refractivity contribution in [2.75, 3.05) is 5.73 Å². The molecule has 0 bridgehead atoms. The van der Waals surface area contributed by atoms with Crippen molar-refractivity contribution in [3.63, 3.8) is 0 Å². The maximum Gasteiger partial charge on any atom is 0.398 e. The second kappa shape index (κ2) is 3.76. The minimum absolute atomic E-state index is 0.0143. The molecule has 0 aliphatic heterocycles. The highest BCUT2D eigenvalue weighted by Crippen LogP contribution is 2.43. The third-order valence-electron chi connectivity index (χ3n) is 2.88. The summed E-state index contributed by atoms with van der Waals surface area (Å²) in [6.45, 7) is 2.74. The molecule has 1 nitrogen and oxygen atoms in total. The Labute approximate surface area is 87.1 Å². The molecular formula is C11H14F3N. The molecule has 0 heterocycles. The molecular weight excluding hydrogens is 203 g/mol. The molecule has 0 amide bonds. The molecule has 84 valence electrons. The lowest BCUT2D eigenvalue weighted by Gasteiger charge is -2.31. The van der Waals surface area contributed by atoms with Crippen LogP contribution in [0, 0.1) is 0 Å². The van der Waals surface area contributed by atoms with Crippen LogP contribution in [0.1, 0.15) is 25.8 Å². The topological polar surface area (TPSA) is 26.0 Å². The maximum absolute atomic E-state index is 12.9. The molecule has 1 atom stereocenters. The predicted octanol–water partition coefficient (Wildman–Crippen LogP) is 3.50. The van der Waals surface area contributed by atoms with Gasteiger partial charge in [-0.15, -0.1) is 0 Å². The van der Waals surface area contributed by atoms with Gasteiger partial charge in [0, 0.05) is 5.69 Å². The van der Waals surface area contributed by atoms with Crippen molar-refractivity contribution in [3.05, 3.63) is 29.8 Å². The van der Waals surface area contributed by atoms with E-state index in [1.54, 1.807) is 0 Å². The van der Waals surface area contributed by atoms with Gasteiger partial charge in [-0.1, -0.05) is 19.1 Å². The number of rotatable bonds is 2. The maximum atomic E-state index is 12.9. The van der Waals surface area contributed by atoms with Crippen molar-refractivity contribution < 1.29 is 13.2 Å². The van der Waals surface area contributed by atoms with Crippen LogP contribution in [0.2, 0.25) is 0 Å². The molecule has 4 heteroatoms. The van der Waals surface area contributed by atoms with E-state index in [9.17, 15) is 13.2 Å². The zero-order valence-corrected chi connectivity index (χ0v) is 8.73. The molecule has 1 unspecified atom stereocenters. The summed E-state index contributed by atoms with van der Waals surface area (Å²) in [5.74, 6) is 0. The van der Waals surface area contributed by atoms with Crippen LogP contribution in [0.3, 0.4) is 0 Å². The Morgan fingerprint density at radius 3 is 1.93 bits per heavy atom. The summed E-state index contributed by atoms with van der Waals surface area (Å²) in [6, 6.07) is 5.86. The van der Waals surface area contributed by atoms with Gasteiger partial charge >= 0.3 is 6.18 Å². The van der Waals surface area contributed by atoms with Crippen LogP contribution in [-0.4, -0.2) is 6.18 Å². The van der Waals surface area contributed by atoms with Gasteiger partial charge in [-0.05, 0) is 31.0 Å². The fraction of sp³-hybridized carbons (Fsp3) is 0.455. The number of benzene rings is 1. The first-order valence-electron chi connectivity index (χ1n) is 4.74. The van der Waals surface area contributed by atoms with Crippen molar-refractivity contribution >= 4 is 5.69 Å². The number of halogens is 3. The minimum atomic E-state index is -4.24. The summed E-state index contributed by atoms with van der Waals surface area (Å²) in [5, 5.41) is 0. The van der Waals surface area contributed by atoms with Gasteiger partial charge in [0.2, 0.25) is 0 Å². The van der Waals surface area contributed by atoms with Crippen LogP contribution < -0.4 is 5.73 Å². The van der Waals surface area contributed by atoms with E-state index in [-0.39, 0.29) is 12.0 Å². The molecule has 0 saturated heterocycles. The van der Waals surface area contributed by atoms with E-state index in [2.05, 4.69) is 0 Å². The first-order valence-corrected chi connectivity index (χ1v) is 4.74. The molecule has 0 saturated carbocycles. The molecule has 0 fully saturated rings. The number of nitrogens with two attached hydrogens (primary N) is 1. The Balaban J connectivity index is 3.18. The number of hydrogen-bond acceptors (Lipinski definition) is 1. The smallest absolute Gasteiger partial charge is 0.398 e. The van der Waals surface area contributed by atoms with Crippen LogP contribution in [0.4, 0.5) is 18.9 Å². The molecule has 2 N–H and O–H groups in total. The SMILES string of the molecule is CCC(C)(c1ccc(N)cc1)C(F)(F)F. The van der Waals surface area contributed by atoms with Gasteiger partial charge < -0.3 is 5.73 Å². The van der Waals surface area contributed by atoms with Gasteiger partial charge in [-0.3, -0.25) is 0 Å². The van der Waals surface area contributed by atoms with E-state index in [4.69, 9.17) is 5.73 Å². The molecule has 1 rings (SSSR count). The molecule has 0 spiro atoms. The largest absolute Gasteiger partial charge is 0.399 e. The van der Waals surface area contributed by atoms with Crippen molar-refractivity contribution in [2.45, 2.75) is 31.9 Å². The number of hydrogen-bond donors (Lipinski definition) is 1. The van der Waals surface area contributed by atoms with Crippen LogP contribution in [-0.2, 0) is 5.41 Å². The lowest BCUT2D eigenvalue weighted by molar-refractivity contribution is -0.186. The summed E-state index contributed by atoms with van der Waals surface area (Å²) >= 11 is 0.